The maximum absolute atomic E-state index is 11.5. The zero-order chi connectivity index (χ0) is 8.97. The number of piperazine rings is 1. The third kappa shape index (κ3) is 2.27. The number of Topliss-reactive ketones (excluding diaryl/α,β-unsaturated/α-hetero) is 1. The molecule has 1 saturated heterocycles. The van der Waals surface area contributed by atoms with Gasteiger partial charge in [-0.15, -0.1) is 0 Å². The van der Waals surface area contributed by atoms with Crippen LogP contribution in [-0.4, -0.2) is 43.2 Å². The van der Waals surface area contributed by atoms with E-state index in [1.807, 2.05) is 0 Å². The fraction of sp³-hybridized carbons (Fsp3) is 0.875. The number of nitrogens with one attached hydrogen (secondary N) is 2. The lowest BCUT2D eigenvalue weighted by Gasteiger charge is -2.25. The van der Waals surface area contributed by atoms with E-state index >= 15 is 0 Å². The molecule has 4 heteroatoms. The third-order valence-corrected chi connectivity index (χ3v) is 2.14. The van der Waals surface area contributed by atoms with Crippen LogP contribution >= 0.6 is 0 Å². The number of rotatable bonds is 3. The summed E-state index contributed by atoms with van der Waals surface area (Å²) in [5.41, 5.74) is 0. The van der Waals surface area contributed by atoms with E-state index in [2.05, 4.69) is 10.6 Å². The zero-order valence-corrected chi connectivity index (χ0v) is 7.34. The first-order valence-electron chi connectivity index (χ1n) is 4.34. The normalized spacial score (nSPS) is 26.7. The van der Waals surface area contributed by atoms with Crippen LogP contribution in [0.25, 0.3) is 0 Å². The van der Waals surface area contributed by atoms with Crippen molar-refractivity contribution in [3.63, 3.8) is 0 Å². The molecule has 0 saturated carbocycles. The van der Waals surface area contributed by atoms with Crippen LogP contribution in [0, 0.1) is 5.92 Å². The molecule has 1 aliphatic heterocycles. The number of hydrogen-bond donors (Lipinski definition) is 3. The average molecular weight is 172 g/mol. The van der Waals surface area contributed by atoms with E-state index in [4.69, 9.17) is 5.11 Å². The van der Waals surface area contributed by atoms with E-state index in [0.717, 1.165) is 13.1 Å². The molecule has 0 aromatic heterocycles. The molecule has 0 aromatic rings. The molecule has 0 amide bonds. The summed E-state index contributed by atoms with van der Waals surface area (Å²) >= 11 is 0. The highest BCUT2D eigenvalue weighted by molar-refractivity contribution is 5.86. The van der Waals surface area contributed by atoms with Crippen molar-refractivity contribution in [3.8, 4) is 0 Å². The molecule has 1 rings (SSSR count). The van der Waals surface area contributed by atoms with E-state index in [9.17, 15) is 4.79 Å². The van der Waals surface area contributed by atoms with E-state index in [-0.39, 0.29) is 24.3 Å². The van der Waals surface area contributed by atoms with Gasteiger partial charge in [0.2, 0.25) is 0 Å². The van der Waals surface area contributed by atoms with Gasteiger partial charge in [0.25, 0.3) is 0 Å². The highest BCUT2D eigenvalue weighted by atomic mass is 16.3. The van der Waals surface area contributed by atoms with Crippen LogP contribution in [0.15, 0.2) is 0 Å². The number of hydrogen-bond acceptors (Lipinski definition) is 4. The van der Waals surface area contributed by atoms with Gasteiger partial charge in [-0.25, -0.2) is 0 Å². The van der Waals surface area contributed by atoms with E-state index in [1.165, 1.54) is 0 Å². The van der Waals surface area contributed by atoms with Gasteiger partial charge in [-0.1, -0.05) is 6.92 Å². The molecule has 1 fully saturated rings. The largest absolute Gasteiger partial charge is 0.396 e. The van der Waals surface area contributed by atoms with Gasteiger partial charge < -0.3 is 15.7 Å². The zero-order valence-electron chi connectivity index (χ0n) is 7.34. The quantitative estimate of drug-likeness (QED) is 0.497. The predicted molar refractivity (Wildman–Crippen MR) is 45.9 cm³/mol. The third-order valence-electron chi connectivity index (χ3n) is 2.14. The lowest BCUT2D eigenvalue weighted by atomic mass is 10.00. The molecule has 0 radical (unpaired) electrons. The lowest BCUT2D eigenvalue weighted by molar-refractivity contribution is -0.125. The molecular weight excluding hydrogens is 156 g/mol. The van der Waals surface area contributed by atoms with Crippen molar-refractivity contribution < 1.29 is 9.90 Å². The molecule has 4 nitrogen and oxygen atoms in total. The van der Waals surface area contributed by atoms with Crippen molar-refractivity contribution in [2.24, 2.45) is 5.92 Å². The van der Waals surface area contributed by atoms with Gasteiger partial charge in [0, 0.05) is 25.6 Å². The minimum Gasteiger partial charge on any atom is -0.396 e. The lowest BCUT2D eigenvalue weighted by Crippen LogP contribution is -2.53. The topological polar surface area (TPSA) is 61.4 Å². The molecule has 1 aliphatic rings. The Bertz CT molecular complexity index is 155. The smallest absolute Gasteiger partial charge is 0.156 e. The average Bonchev–Trinajstić information content (AvgIpc) is 2.17. The van der Waals surface area contributed by atoms with Gasteiger partial charge >= 0.3 is 0 Å². The summed E-state index contributed by atoms with van der Waals surface area (Å²) in [5.74, 6) is -0.146. The first-order valence-corrected chi connectivity index (χ1v) is 4.34. The van der Waals surface area contributed by atoms with Gasteiger partial charge in [-0.3, -0.25) is 4.79 Å². The van der Waals surface area contributed by atoms with Crippen molar-refractivity contribution in [1.82, 2.24) is 10.6 Å². The monoisotopic (exact) mass is 172 g/mol. The predicted octanol–water partition coefficient (Wildman–Crippen LogP) is -1.25. The van der Waals surface area contributed by atoms with Crippen LogP contribution < -0.4 is 10.6 Å². The molecule has 0 bridgehead atoms. The summed E-state index contributed by atoms with van der Waals surface area (Å²) in [6, 6.07) is -0.110. The van der Waals surface area contributed by atoms with Crippen molar-refractivity contribution >= 4 is 5.78 Å². The summed E-state index contributed by atoms with van der Waals surface area (Å²) < 4.78 is 0. The Morgan fingerprint density at radius 2 is 2.42 bits per heavy atom. The van der Waals surface area contributed by atoms with Crippen molar-refractivity contribution in [3.05, 3.63) is 0 Å². The maximum atomic E-state index is 11.5. The first-order chi connectivity index (χ1) is 5.75. The summed E-state index contributed by atoms with van der Waals surface area (Å²) in [7, 11) is 0. The Kier molecular flexibility index (Phi) is 3.65. The molecule has 0 spiro atoms. The molecule has 12 heavy (non-hydrogen) atoms. The standard InChI is InChI=1S/C8H16N2O2/c1-6(5-11)8(12)7-4-9-2-3-10-7/h6-7,9-11H,2-5H2,1H3. The van der Waals surface area contributed by atoms with Gasteiger partial charge in [-0.2, -0.15) is 0 Å². The Hall–Kier alpha value is -0.450. The SMILES string of the molecule is CC(CO)C(=O)C1CNCCN1. The Morgan fingerprint density at radius 3 is 2.92 bits per heavy atom. The number of ketones is 1. The van der Waals surface area contributed by atoms with Crippen LogP contribution in [0.5, 0.6) is 0 Å². The number of carbonyl (C=O) groups excluding carboxylic acids is 1. The Balaban J connectivity index is 2.39. The Morgan fingerprint density at radius 1 is 1.67 bits per heavy atom. The molecule has 70 valence electrons. The van der Waals surface area contributed by atoms with Crippen molar-refractivity contribution in [2.75, 3.05) is 26.2 Å². The van der Waals surface area contributed by atoms with Gasteiger partial charge in [0.15, 0.2) is 5.78 Å². The fourth-order valence-electron chi connectivity index (χ4n) is 1.29. The summed E-state index contributed by atoms with van der Waals surface area (Å²) in [6.45, 7) is 4.12. The highest BCUT2D eigenvalue weighted by Gasteiger charge is 2.24. The minimum absolute atomic E-state index is 0.0585. The summed E-state index contributed by atoms with van der Waals surface area (Å²) in [4.78, 5) is 11.5. The molecular formula is C8H16N2O2. The Labute approximate surface area is 72.3 Å². The van der Waals surface area contributed by atoms with Crippen LogP contribution in [0.4, 0.5) is 0 Å². The van der Waals surface area contributed by atoms with Crippen LogP contribution in [0.2, 0.25) is 0 Å². The minimum atomic E-state index is -0.248. The van der Waals surface area contributed by atoms with E-state index < -0.39 is 0 Å². The van der Waals surface area contributed by atoms with E-state index in [1.54, 1.807) is 6.92 Å². The molecule has 2 unspecified atom stereocenters. The molecule has 1 heterocycles. The molecule has 2 atom stereocenters. The number of aliphatic hydroxyl groups is 1. The van der Waals surface area contributed by atoms with Crippen LogP contribution in [-0.2, 0) is 4.79 Å². The van der Waals surface area contributed by atoms with Gasteiger partial charge in [0.05, 0.1) is 12.6 Å². The van der Waals surface area contributed by atoms with Crippen LogP contribution in [0.3, 0.4) is 0 Å². The number of aliphatic hydroxyl groups excluding tert-OH is 1. The van der Waals surface area contributed by atoms with Crippen molar-refractivity contribution in [2.45, 2.75) is 13.0 Å². The first kappa shape index (κ1) is 9.64. The highest BCUT2D eigenvalue weighted by Crippen LogP contribution is 2.01. The second-order valence-electron chi connectivity index (χ2n) is 3.20. The fourth-order valence-corrected chi connectivity index (χ4v) is 1.29. The van der Waals surface area contributed by atoms with Gasteiger partial charge in [-0.05, 0) is 0 Å². The summed E-state index contributed by atoms with van der Waals surface area (Å²) in [5, 5.41) is 15.0. The maximum Gasteiger partial charge on any atom is 0.156 e. The second kappa shape index (κ2) is 4.54. The van der Waals surface area contributed by atoms with Gasteiger partial charge in [0.1, 0.15) is 0 Å². The number of carbonyl (C=O) groups is 1. The van der Waals surface area contributed by atoms with E-state index in [0.29, 0.717) is 6.54 Å². The van der Waals surface area contributed by atoms with Crippen LogP contribution in [0.1, 0.15) is 6.92 Å². The summed E-state index contributed by atoms with van der Waals surface area (Å²) in [6.07, 6.45) is 0. The second-order valence-corrected chi connectivity index (χ2v) is 3.20. The molecule has 3 N–H and O–H groups in total. The molecule has 0 aliphatic carbocycles. The molecule has 0 aromatic carbocycles. The van der Waals surface area contributed by atoms with Crippen molar-refractivity contribution in [1.29, 1.82) is 0 Å².